The van der Waals surface area contributed by atoms with E-state index in [-0.39, 0.29) is 11.3 Å². The zero-order valence-electron chi connectivity index (χ0n) is 10.00. The van der Waals surface area contributed by atoms with Crippen molar-refractivity contribution >= 4 is 23.2 Å². The lowest BCUT2D eigenvalue weighted by Gasteiger charge is -2.06. The molecule has 0 radical (unpaired) electrons. The Morgan fingerprint density at radius 2 is 2.21 bits per heavy atom. The summed E-state index contributed by atoms with van der Waals surface area (Å²) in [6.45, 7) is 0.450. The van der Waals surface area contributed by atoms with Crippen molar-refractivity contribution in [2.75, 3.05) is 6.54 Å². The minimum atomic E-state index is -1.16. The fourth-order valence-corrected chi connectivity index (χ4v) is 2.30. The summed E-state index contributed by atoms with van der Waals surface area (Å²) in [5, 5.41) is 15.6. The lowest BCUT2D eigenvalue weighted by molar-refractivity contribution is 0.0690. The van der Waals surface area contributed by atoms with Crippen LogP contribution in [0.3, 0.4) is 0 Å². The van der Waals surface area contributed by atoms with E-state index >= 15 is 0 Å². The first kappa shape index (κ1) is 13.2. The smallest absolute Gasteiger partial charge is 0.338 e. The molecule has 0 fully saturated rings. The monoisotopic (exact) mass is 276 g/mol. The summed E-state index contributed by atoms with van der Waals surface area (Å²) in [5.41, 5.74) is 1.00. The first-order valence-electron chi connectivity index (χ1n) is 5.66. The Kier molecular flexibility index (Phi) is 4.25. The Bertz CT molecular complexity index is 581. The predicted molar refractivity (Wildman–Crippen MR) is 71.6 cm³/mol. The highest BCUT2D eigenvalue weighted by atomic mass is 32.1. The number of thiophene rings is 1. The van der Waals surface area contributed by atoms with Crippen LogP contribution in [-0.2, 0) is 6.42 Å². The molecule has 19 heavy (non-hydrogen) atoms. The fourth-order valence-electron chi connectivity index (χ4n) is 1.60. The van der Waals surface area contributed by atoms with Gasteiger partial charge in [0.25, 0.3) is 5.91 Å². The maximum atomic E-state index is 11.9. The molecule has 0 unspecified atom stereocenters. The number of carbonyl (C=O) groups excluding carboxylic acids is 1. The third kappa shape index (κ3) is 3.38. The molecule has 2 aromatic heterocycles. The Morgan fingerprint density at radius 1 is 1.37 bits per heavy atom. The quantitative estimate of drug-likeness (QED) is 0.873. The summed E-state index contributed by atoms with van der Waals surface area (Å²) in [5.74, 6) is -1.62. The van der Waals surface area contributed by atoms with Gasteiger partial charge in [-0.15, -0.1) is 0 Å². The van der Waals surface area contributed by atoms with Crippen molar-refractivity contribution in [1.29, 1.82) is 0 Å². The van der Waals surface area contributed by atoms with Crippen LogP contribution in [0.4, 0.5) is 0 Å². The number of carbonyl (C=O) groups is 2. The van der Waals surface area contributed by atoms with Crippen LogP contribution in [0.15, 0.2) is 35.2 Å². The number of hydrogen-bond donors (Lipinski definition) is 2. The third-order valence-electron chi connectivity index (χ3n) is 2.53. The lowest BCUT2D eigenvalue weighted by Crippen LogP contribution is -2.28. The van der Waals surface area contributed by atoms with Crippen LogP contribution in [0.1, 0.15) is 26.4 Å². The zero-order valence-corrected chi connectivity index (χ0v) is 10.8. The standard InChI is InChI=1S/C13H12N2O3S/c16-12(15-6-3-9-4-7-19-8-9)11-10(13(17)18)2-1-5-14-11/h1-2,4-5,7-8H,3,6H2,(H,15,16)(H,17,18). The van der Waals surface area contributed by atoms with Crippen LogP contribution in [0.5, 0.6) is 0 Å². The van der Waals surface area contributed by atoms with Gasteiger partial charge >= 0.3 is 5.97 Å². The zero-order chi connectivity index (χ0) is 13.7. The summed E-state index contributed by atoms with van der Waals surface area (Å²) >= 11 is 1.60. The van der Waals surface area contributed by atoms with Crippen molar-refractivity contribution in [3.05, 3.63) is 52.0 Å². The Labute approximate surface area is 113 Å². The van der Waals surface area contributed by atoms with Gasteiger partial charge in [-0.3, -0.25) is 9.78 Å². The molecule has 1 amide bonds. The van der Waals surface area contributed by atoms with Crippen molar-refractivity contribution in [2.45, 2.75) is 6.42 Å². The average Bonchev–Trinajstić information content (AvgIpc) is 2.91. The van der Waals surface area contributed by atoms with E-state index in [4.69, 9.17) is 5.11 Å². The topological polar surface area (TPSA) is 79.3 Å². The van der Waals surface area contributed by atoms with Crippen molar-refractivity contribution < 1.29 is 14.7 Å². The van der Waals surface area contributed by atoms with E-state index in [0.29, 0.717) is 13.0 Å². The Morgan fingerprint density at radius 3 is 2.89 bits per heavy atom. The molecule has 0 saturated heterocycles. The SMILES string of the molecule is O=C(O)c1cccnc1C(=O)NCCc1ccsc1. The minimum absolute atomic E-state index is 0.0553. The highest BCUT2D eigenvalue weighted by Gasteiger charge is 2.16. The normalized spacial score (nSPS) is 10.1. The molecular weight excluding hydrogens is 264 g/mol. The van der Waals surface area contributed by atoms with Gasteiger partial charge in [-0.2, -0.15) is 11.3 Å². The summed E-state index contributed by atoms with van der Waals surface area (Å²) in [7, 11) is 0. The van der Waals surface area contributed by atoms with Gasteiger partial charge in [0.1, 0.15) is 5.69 Å². The average molecular weight is 276 g/mol. The minimum Gasteiger partial charge on any atom is -0.478 e. The number of carboxylic acids is 1. The van der Waals surface area contributed by atoms with Crippen molar-refractivity contribution in [3.8, 4) is 0 Å². The maximum Gasteiger partial charge on any atom is 0.338 e. The van der Waals surface area contributed by atoms with E-state index in [1.165, 1.54) is 18.3 Å². The third-order valence-corrected chi connectivity index (χ3v) is 3.26. The summed E-state index contributed by atoms with van der Waals surface area (Å²) in [6, 6.07) is 4.84. The highest BCUT2D eigenvalue weighted by Crippen LogP contribution is 2.07. The molecule has 0 aliphatic heterocycles. The van der Waals surface area contributed by atoms with E-state index < -0.39 is 11.9 Å². The molecule has 2 rings (SSSR count). The molecule has 2 N–H and O–H groups in total. The molecule has 0 aromatic carbocycles. The molecular formula is C13H12N2O3S. The molecule has 98 valence electrons. The molecule has 0 saturated carbocycles. The lowest BCUT2D eigenvalue weighted by atomic mass is 10.2. The van der Waals surface area contributed by atoms with Crippen LogP contribution in [0.2, 0.25) is 0 Å². The summed E-state index contributed by atoms with van der Waals surface area (Å²) in [6.07, 6.45) is 2.12. The van der Waals surface area contributed by atoms with Gasteiger partial charge < -0.3 is 10.4 Å². The van der Waals surface area contributed by atoms with E-state index in [9.17, 15) is 9.59 Å². The number of hydrogen-bond acceptors (Lipinski definition) is 4. The second-order valence-electron chi connectivity index (χ2n) is 3.84. The molecule has 0 bridgehead atoms. The Hall–Kier alpha value is -2.21. The molecule has 0 aliphatic rings. The summed E-state index contributed by atoms with van der Waals surface area (Å²) in [4.78, 5) is 26.7. The van der Waals surface area contributed by atoms with E-state index in [1.54, 1.807) is 11.3 Å². The van der Waals surface area contributed by atoms with Gasteiger partial charge in [-0.1, -0.05) is 0 Å². The van der Waals surface area contributed by atoms with Gasteiger partial charge in [-0.05, 0) is 40.9 Å². The number of aromatic carboxylic acids is 1. The number of rotatable bonds is 5. The molecule has 0 aliphatic carbocycles. The molecule has 5 nitrogen and oxygen atoms in total. The maximum absolute atomic E-state index is 11.9. The number of pyridine rings is 1. The molecule has 2 aromatic rings. The summed E-state index contributed by atoms with van der Waals surface area (Å²) < 4.78 is 0. The predicted octanol–water partition coefficient (Wildman–Crippen LogP) is 1.81. The van der Waals surface area contributed by atoms with Crippen molar-refractivity contribution in [3.63, 3.8) is 0 Å². The number of amides is 1. The van der Waals surface area contributed by atoms with E-state index in [2.05, 4.69) is 10.3 Å². The van der Waals surface area contributed by atoms with Gasteiger partial charge in [0.2, 0.25) is 0 Å². The number of nitrogens with one attached hydrogen (secondary N) is 1. The molecule has 6 heteroatoms. The molecule has 0 atom stereocenters. The van der Waals surface area contributed by atoms with E-state index in [0.717, 1.165) is 5.56 Å². The van der Waals surface area contributed by atoms with Crippen LogP contribution < -0.4 is 5.32 Å². The van der Waals surface area contributed by atoms with Crippen LogP contribution >= 0.6 is 11.3 Å². The van der Waals surface area contributed by atoms with Crippen LogP contribution in [0, 0.1) is 0 Å². The molecule has 0 spiro atoms. The first-order chi connectivity index (χ1) is 9.18. The number of carboxylic acid groups (broad SMARTS) is 1. The number of nitrogens with zero attached hydrogens (tertiary/aromatic N) is 1. The van der Waals surface area contributed by atoms with Gasteiger partial charge in [-0.25, -0.2) is 4.79 Å². The van der Waals surface area contributed by atoms with Crippen LogP contribution in [0.25, 0.3) is 0 Å². The van der Waals surface area contributed by atoms with Gasteiger partial charge in [0.05, 0.1) is 5.56 Å². The van der Waals surface area contributed by atoms with Crippen LogP contribution in [-0.4, -0.2) is 28.5 Å². The Balaban J connectivity index is 1.98. The van der Waals surface area contributed by atoms with Crippen molar-refractivity contribution in [1.82, 2.24) is 10.3 Å². The second-order valence-corrected chi connectivity index (χ2v) is 4.62. The van der Waals surface area contributed by atoms with Gasteiger partial charge in [0, 0.05) is 12.7 Å². The first-order valence-corrected chi connectivity index (χ1v) is 6.60. The van der Waals surface area contributed by atoms with Gasteiger partial charge in [0.15, 0.2) is 0 Å². The fraction of sp³-hybridized carbons (Fsp3) is 0.154. The molecule has 2 heterocycles. The number of aromatic nitrogens is 1. The van der Waals surface area contributed by atoms with Crippen molar-refractivity contribution in [2.24, 2.45) is 0 Å². The highest BCUT2D eigenvalue weighted by molar-refractivity contribution is 7.07. The second kappa shape index (κ2) is 6.10. The largest absolute Gasteiger partial charge is 0.478 e. The van der Waals surface area contributed by atoms with E-state index in [1.807, 2.05) is 16.8 Å².